The molecule has 0 radical (unpaired) electrons. The van der Waals surface area contributed by atoms with Crippen molar-refractivity contribution in [3.63, 3.8) is 0 Å². The largest absolute Gasteiger partial charge is 0.460 e. The van der Waals surface area contributed by atoms with Crippen molar-refractivity contribution in [2.45, 2.75) is 38.5 Å². The van der Waals surface area contributed by atoms with Gasteiger partial charge in [0.2, 0.25) is 0 Å². The number of ether oxygens (including phenoxy) is 2. The minimum absolute atomic E-state index is 0.0673. The first-order valence-corrected chi connectivity index (χ1v) is 12.1. The monoisotopic (exact) mass is 509 g/mol. The summed E-state index contributed by atoms with van der Waals surface area (Å²) < 4.78 is 11.8. The van der Waals surface area contributed by atoms with Gasteiger partial charge in [0.05, 0.1) is 12.2 Å². The smallest absolute Gasteiger partial charge is 0.336 e. The number of hydrogen-bond acceptors (Lipinski definition) is 5. The van der Waals surface area contributed by atoms with Crippen LogP contribution < -0.4 is 5.32 Å². The molecule has 2 aromatic carbocycles. The molecular formula is C27H28BrNO4. The van der Waals surface area contributed by atoms with E-state index in [4.69, 9.17) is 9.47 Å². The molecule has 1 aliphatic heterocycles. The Morgan fingerprint density at radius 2 is 1.76 bits per heavy atom. The average molecular weight is 510 g/mol. The molecule has 5 nitrogen and oxygen atoms in total. The third-order valence-corrected chi connectivity index (χ3v) is 6.72. The molecule has 2 aliphatic rings. The van der Waals surface area contributed by atoms with Crippen molar-refractivity contribution in [1.82, 2.24) is 5.32 Å². The molecule has 6 heteroatoms. The van der Waals surface area contributed by atoms with Gasteiger partial charge < -0.3 is 14.8 Å². The molecule has 0 aromatic heterocycles. The van der Waals surface area contributed by atoms with Gasteiger partial charge in [-0.2, -0.15) is 0 Å². The zero-order valence-corrected chi connectivity index (χ0v) is 20.5. The highest BCUT2D eigenvalue weighted by Gasteiger charge is 2.41. The Kier molecular flexibility index (Phi) is 7.46. The second kappa shape index (κ2) is 10.5. The minimum atomic E-state index is -0.460. The van der Waals surface area contributed by atoms with E-state index in [1.54, 1.807) is 0 Å². The first-order chi connectivity index (χ1) is 16.0. The summed E-state index contributed by atoms with van der Waals surface area (Å²) in [6, 6.07) is 17.9. The number of ketones is 1. The maximum Gasteiger partial charge on any atom is 0.336 e. The van der Waals surface area contributed by atoms with E-state index in [2.05, 4.69) is 33.4 Å². The second-order valence-electron chi connectivity index (χ2n) is 8.31. The average Bonchev–Trinajstić information content (AvgIpc) is 2.82. The lowest BCUT2D eigenvalue weighted by Crippen LogP contribution is -2.36. The van der Waals surface area contributed by atoms with Gasteiger partial charge in [0.1, 0.15) is 6.61 Å². The molecule has 0 amide bonds. The van der Waals surface area contributed by atoms with E-state index >= 15 is 0 Å². The van der Waals surface area contributed by atoms with Crippen LogP contribution in [-0.2, 0) is 19.1 Å². The molecule has 0 fully saturated rings. The van der Waals surface area contributed by atoms with Crippen LogP contribution in [0.4, 0.5) is 0 Å². The quantitative estimate of drug-likeness (QED) is 0.400. The molecule has 2 unspecified atom stereocenters. The van der Waals surface area contributed by atoms with E-state index < -0.39 is 11.9 Å². The van der Waals surface area contributed by atoms with Crippen LogP contribution in [0.1, 0.15) is 49.7 Å². The number of carbonyl (C=O) groups is 2. The van der Waals surface area contributed by atoms with Crippen LogP contribution >= 0.6 is 15.9 Å². The van der Waals surface area contributed by atoms with Gasteiger partial charge in [0, 0.05) is 40.4 Å². The van der Waals surface area contributed by atoms with E-state index in [0.717, 1.165) is 33.4 Å². The van der Waals surface area contributed by atoms with Crippen LogP contribution in [0, 0.1) is 0 Å². The first-order valence-electron chi connectivity index (χ1n) is 11.3. The Labute approximate surface area is 203 Å². The number of carbonyl (C=O) groups excluding carboxylic acids is 2. The number of allylic oxidation sites excluding steroid dienone is 3. The van der Waals surface area contributed by atoms with Crippen LogP contribution in [0.15, 0.2) is 81.6 Å². The summed E-state index contributed by atoms with van der Waals surface area (Å²) in [4.78, 5) is 26.7. The number of nitrogens with one attached hydrogen (secondary N) is 1. The van der Waals surface area contributed by atoms with Crippen molar-refractivity contribution in [2.24, 2.45) is 0 Å². The first kappa shape index (κ1) is 23.5. The summed E-state index contributed by atoms with van der Waals surface area (Å²) in [5.74, 6) is -0.698. The Balaban J connectivity index is 1.70. The molecule has 0 saturated carbocycles. The fourth-order valence-corrected chi connectivity index (χ4v) is 4.94. The molecule has 172 valence electrons. The lowest BCUT2D eigenvalue weighted by molar-refractivity contribution is -0.140. The van der Waals surface area contributed by atoms with Gasteiger partial charge >= 0.3 is 5.97 Å². The third kappa shape index (κ3) is 5.12. The summed E-state index contributed by atoms with van der Waals surface area (Å²) >= 11 is 3.48. The number of rotatable bonds is 7. The number of hydrogen-bond donors (Lipinski definition) is 1. The van der Waals surface area contributed by atoms with Gasteiger partial charge in [-0.05, 0) is 49.4 Å². The van der Waals surface area contributed by atoms with Gasteiger partial charge in [0.15, 0.2) is 5.78 Å². The van der Waals surface area contributed by atoms with Crippen molar-refractivity contribution < 1.29 is 19.1 Å². The fourth-order valence-electron chi connectivity index (χ4n) is 4.67. The maximum atomic E-state index is 13.5. The van der Waals surface area contributed by atoms with Gasteiger partial charge in [-0.25, -0.2) is 4.79 Å². The summed E-state index contributed by atoms with van der Waals surface area (Å²) in [6.45, 7) is 4.86. The standard InChI is InChI=1S/C27H28BrNO4/c1-3-32-13-14-33-27(31)24-17(2)29-22-15-20(18-7-5-4-6-8-18)16-23(30)26(22)25(24)19-9-11-21(28)12-10-19/h4-12,20,25,29H,3,13-16H2,1-2H3. The van der Waals surface area contributed by atoms with E-state index in [-0.39, 0.29) is 18.3 Å². The summed E-state index contributed by atoms with van der Waals surface area (Å²) in [7, 11) is 0. The molecule has 33 heavy (non-hydrogen) atoms. The Hall–Kier alpha value is -2.70. The van der Waals surface area contributed by atoms with E-state index in [1.807, 2.05) is 56.3 Å². The van der Waals surface area contributed by atoms with Crippen molar-refractivity contribution in [2.75, 3.05) is 19.8 Å². The van der Waals surface area contributed by atoms with E-state index in [9.17, 15) is 9.59 Å². The van der Waals surface area contributed by atoms with Crippen molar-refractivity contribution in [3.05, 3.63) is 92.7 Å². The Morgan fingerprint density at radius 1 is 1.03 bits per heavy atom. The molecular weight excluding hydrogens is 482 g/mol. The number of halogens is 1. The normalized spacial score (nSPS) is 20.4. The van der Waals surface area contributed by atoms with Gasteiger partial charge in [-0.3, -0.25) is 4.79 Å². The Bertz CT molecular complexity index is 1090. The molecule has 2 atom stereocenters. The van der Waals surface area contributed by atoms with Crippen molar-refractivity contribution in [3.8, 4) is 0 Å². The molecule has 0 saturated heterocycles. The van der Waals surface area contributed by atoms with Gasteiger partial charge in [0.25, 0.3) is 0 Å². The van der Waals surface area contributed by atoms with Crippen LogP contribution in [0.5, 0.6) is 0 Å². The highest BCUT2D eigenvalue weighted by Crippen LogP contribution is 2.45. The molecule has 0 bridgehead atoms. The molecule has 4 rings (SSSR count). The van der Waals surface area contributed by atoms with Crippen LogP contribution in [0.2, 0.25) is 0 Å². The Morgan fingerprint density at radius 3 is 2.45 bits per heavy atom. The summed E-state index contributed by atoms with van der Waals surface area (Å²) in [6.07, 6.45) is 1.14. The number of dihydropyridines is 1. The highest BCUT2D eigenvalue weighted by atomic mass is 79.9. The number of Topliss-reactive ketones (excluding diaryl/α,β-unsaturated/α-hetero) is 1. The second-order valence-corrected chi connectivity index (χ2v) is 9.23. The zero-order valence-electron chi connectivity index (χ0n) is 18.9. The van der Waals surface area contributed by atoms with Crippen molar-refractivity contribution in [1.29, 1.82) is 0 Å². The molecule has 1 heterocycles. The van der Waals surface area contributed by atoms with Gasteiger partial charge in [-0.15, -0.1) is 0 Å². The fraction of sp³-hybridized carbons (Fsp3) is 0.333. The van der Waals surface area contributed by atoms with Gasteiger partial charge in [-0.1, -0.05) is 58.4 Å². The topological polar surface area (TPSA) is 64.6 Å². The predicted octanol–water partition coefficient (Wildman–Crippen LogP) is 5.39. The highest BCUT2D eigenvalue weighted by molar-refractivity contribution is 9.10. The van der Waals surface area contributed by atoms with E-state index in [1.165, 1.54) is 0 Å². The van der Waals surface area contributed by atoms with Crippen molar-refractivity contribution >= 4 is 27.7 Å². The molecule has 1 aliphatic carbocycles. The number of benzene rings is 2. The minimum Gasteiger partial charge on any atom is -0.460 e. The maximum absolute atomic E-state index is 13.5. The zero-order chi connectivity index (χ0) is 23.4. The van der Waals surface area contributed by atoms with E-state index in [0.29, 0.717) is 30.8 Å². The van der Waals surface area contributed by atoms with Crippen LogP contribution in [0.3, 0.4) is 0 Å². The third-order valence-electron chi connectivity index (χ3n) is 6.19. The predicted molar refractivity (Wildman–Crippen MR) is 131 cm³/mol. The molecule has 0 spiro atoms. The molecule has 1 N–H and O–H groups in total. The SMILES string of the molecule is CCOCCOC(=O)C1=C(C)NC2=C(C(=O)CC(c3ccccc3)C2)C1c1ccc(Br)cc1. The van der Waals surface area contributed by atoms with Crippen LogP contribution in [0.25, 0.3) is 0 Å². The summed E-state index contributed by atoms with van der Waals surface area (Å²) in [5.41, 5.74) is 4.84. The number of esters is 1. The molecule has 2 aromatic rings. The van der Waals surface area contributed by atoms with Crippen LogP contribution in [-0.4, -0.2) is 31.6 Å². The lowest BCUT2D eigenvalue weighted by atomic mass is 9.72. The lowest BCUT2D eigenvalue weighted by Gasteiger charge is -2.36. The summed E-state index contributed by atoms with van der Waals surface area (Å²) in [5, 5.41) is 3.39.